The molecule has 14 heavy (non-hydrogen) atoms. The summed E-state index contributed by atoms with van der Waals surface area (Å²) in [5.41, 5.74) is 0. The molecule has 0 unspecified atom stereocenters. The fraction of sp³-hybridized carbons (Fsp3) is 0.778. The standard InChI is InChI=1S/C9H15N3O2/c13-6-3-8-11-9(14-12-8)7-1-4-10-5-2-7/h7,10,13H,1-6H2. The Labute approximate surface area is 82.5 Å². The summed E-state index contributed by atoms with van der Waals surface area (Å²) >= 11 is 0. The fourth-order valence-corrected chi connectivity index (χ4v) is 1.70. The molecule has 0 bridgehead atoms. The molecule has 0 spiro atoms. The average molecular weight is 197 g/mol. The van der Waals surface area contributed by atoms with Crippen LogP contribution in [0.1, 0.15) is 30.5 Å². The summed E-state index contributed by atoms with van der Waals surface area (Å²) < 4.78 is 5.16. The first-order valence-corrected chi connectivity index (χ1v) is 5.04. The van der Waals surface area contributed by atoms with Crippen molar-refractivity contribution in [2.75, 3.05) is 19.7 Å². The van der Waals surface area contributed by atoms with Gasteiger partial charge in [0.2, 0.25) is 5.89 Å². The molecule has 1 aliphatic rings. The topological polar surface area (TPSA) is 71.2 Å². The number of hydrogen-bond donors (Lipinski definition) is 2. The van der Waals surface area contributed by atoms with Gasteiger partial charge in [0.15, 0.2) is 5.82 Å². The Balaban J connectivity index is 2.00. The quantitative estimate of drug-likeness (QED) is 0.717. The molecule has 0 aliphatic carbocycles. The van der Waals surface area contributed by atoms with Crippen LogP contribution in [0, 0.1) is 0 Å². The van der Waals surface area contributed by atoms with E-state index in [1.165, 1.54) is 0 Å². The summed E-state index contributed by atoms with van der Waals surface area (Å²) in [6.45, 7) is 2.11. The molecule has 2 N–H and O–H groups in total. The van der Waals surface area contributed by atoms with Crippen molar-refractivity contribution in [2.24, 2.45) is 0 Å². The molecular weight excluding hydrogens is 182 g/mol. The summed E-state index contributed by atoms with van der Waals surface area (Å²) in [5.74, 6) is 1.74. The van der Waals surface area contributed by atoms with Crippen LogP contribution in [0.2, 0.25) is 0 Å². The van der Waals surface area contributed by atoms with Crippen molar-refractivity contribution in [2.45, 2.75) is 25.2 Å². The molecule has 0 aromatic carbocycles. The second kappa shape index (κ2) is 4.52. The summed E-state index contributed by atoms with van der Waals surface area (Å²) in [4.78, 5) is 4.26. The van der Waals surface area contributed by atoms with Gasteiger partial charge in [-0.15, -0.1) is 0 Å². The Morgan fingerprint density at radius 2 is 2.21 bits per heavy atom. The van der Waals surface area contributed by atoms with E-state index in [1.807, 2.05) is 0 Å². The number of aliphatic hydroxyl groups excluding tert-OH is 1. The third-order valence-corrected chi connectivity index (χ3v) is 2.51. The normalized spacial score (nSPS) is 18.6. The first-order valence-electron chi connectivity index (χ1n) is 5.04. The lowest BCUT2D eigenvalue weighted by molar-refractivity contribution is 0.290. The molecule has 78 valence electrons. The minimum Gasteiger partial charge on any atom is -0.396 e. The zero-order chi connectivity index (χ0) is 9.80. The molecule has 1 saturated heterocycles. The number of rotatable bonds is 3. The molecule has 1 aliphatic heterocycles. The predicted octanol–water partition coefficient (Wildman–Crippen LogP) is 0.0714. The molecule has 1 aromatic rings. The summed E-state index contributed by atoms with van der Waals surface area (Å²) in [7, 11) is 0. The van der Waals surface area contributed by atoms with E-state index >= 15 is 0 Å². The van der Waals surface area contributed by atoms with Gasteiger partial charge < -0.3 is 14.9 Å². The second-order valence-corrected chi connectivity index (χ2v) is 3.55. The van der Waals surface area contributed by atoms with E-state index in [9.17, 15) is 0 Å². The predicted molar refractivity (Wildman–Crippen MR) is 49.9 cm³/mol. The van der Waals surface area contributed by atoms with E-state index in [1.54, 1.807) is 0 Å². The van der Waals surface area contributed by atoms with Gasteiger partial charge >= 0.3 is 0 Å². The van der Waals surface area contributed by atoms with Crippen molar-refractivity contribution in [3.05, 3.63) is 11.7 Å². The van der Waals surface area contributed by atoms with E-state index < -0.39 is 0 Å². The van der Waals surface area contributed by atoms with Crippen molar-refractivity contribution >= 4 is 0 Å². The van der Waals surface area contributed by atoms with Crippen molar-refractivity contribution in [3.63, 3.8) is 0 Å². The van der Waals surface area contributed by atoms with Crippen LogP contribution in [-0.2, 0) is 6.42 Å². The minimum atomic E-state index is 0.0746. The van der Waals surface area contributed by atoms with Crippen LogP contribution in [0.15, 0.2) is 4.52 Å². The van der Waals surface area contributed by atoms with Crippen molar-refractivity contribution in [3.8, 4) is 0 Å². The maximum absolute atomic E-state index is 8.71. The van der Waals surface area contributed by atoms with E-state index in [2.05, 4.69) is 15.5 Å². The van der Waals surface area contributed by atoms with Crippen LogP contribution < -0.4 is 5.32 Å². The van der Waals surface area contributed by atoms with Crippen molar-refractivity contribution in [1.29, 1.82) is 0 Å². The van der Waals surface area contributed by atoms with Gasteiger partial charge in [-0.3, -0.25) is 0 Å². The number of piperidine rings is 1. The zero-order valence-electron chi connectivity index (χ0n) is 8.07. The average Bonchev–Trinajstić information content (AvgIpc) is 2.68. The SMILES string of the molecule is OCCc1noc(C2CCNCC2)n1. The van der Waals surface area contributed by atoms with E-state index in [0.29, 0.717) is 18.2 Å². The van der Waals surface area contributed by atoms with Gasteiger partial charge in [-0.25, -0.2) is 0 Å². The lowest BCUT2D eigenvalue weighted by atomic mass is 9.98. The number of hydrogen-bond acceptors (Lipinski definition) is 5. The van der Waals surface area contributed by atoms with Gasteiger partial charge in [0.05, 0.1) is 6.61 Å². The lowest BCUT2D eigenvalue weighted by Crippen LogP contribution is -2.26. The molecule has 1 aromatic heterocycles. The van der Waals surface area contributed by atoms with Crippen molar-refractivity contribution < 1.29 is 9.63 Å². The maximum Gasteiger partial charge on any atom is 0.229 e. The van der Waals surface area contributed by atoms with Gasteiger partial charge in [0, 0.05) is 12.3 Å². The smallest absolute Gasteiger partial charge is 0.229 e. The number of nitrogens with one attached hydrogen (secondary N) is 1. The molecule has 5 heteroatoms. The van der Waals surface area contributed by atoms with Crippen molar-refractivity contribution in [1.82, 2.24) is 15.5 Å². The number of aliphatic hydroxyl groups is 1. The molecular formula is C9H15N3O2. The van der Waals surface area contributed by atoms with Crippen LogP contribution in [0.3, 0.4) is 0 Å². The second-order valence-electron chi connectivity index (χ2n) is 3.55. The Kier molecular flexibility index (Phi) is 3.10. The van der Waals surface area contributed by atoms with E-state index in [-0.39, 0.29) is 6.61 Å². The number of nitrogens with zero attached hydrogens (tertiary/aromatic N) is 2. The third-order valence-electron chi connectivity index (χ3n) is 2.51. The highest BCUT2D eigenvalue weighted by Gasteiger charge is 2.20. The first-order chi connectivity index (χ1) is 6.90. The van der Waals surface area contributed by atoms with Gasteiger partial charge in [-0.1, -0.05) is 5.16 Å². The van der Waals surface area contributed by atoms with Crippen LogP contribution in [0.4, 0.5) is 0 Å². The molecule has 5 nitrogen and oxygen atoms in total. The van der Waals surface area contributed by atoms with Gasteiger partial charge in [0.25, 0.3) is 0 Å². The van der Waals surface area contributed by atoms with Crippen LogP contribution in [0.25, 0.3) is 0 Å². The Morgan fingerprint density at radius 3 is 2.93 bits per heavy atom. The van der Waals surface area contributed by atoms with Crippen LogP contribution in [-0.4, -0.2) is 34.9 Å². The molecule has 0 saturated carbocycles. The third kappa shape index (κ3) is 2.10. The zero-order valence-corrected chi connectivity index (χ0v) is 8.07. The summed E-state index contributed by atoms with van der Waals surface area (Å²) in [6, 6.07) is 0. The molecule has 0 radical (unpaired) electrons. The maximum atomic E-state index is 8.71. The van der Waals surface area contributed by atoms with Gasteiger partial charge in [-0.2, -0.15) is 4.98 Å². The largest absolute Gasteiger partial charge is 0.396 e. The van der Waals surface area contributed by atoms with E-state index in [4.69, 9.17) is 9.63 Å². The highest BCUT2D eigenvalue weighted by Crippen LogP contribution is 2.23. The lowest BCUT2D eigenvalue weighted by Gasteiger charge is -2.18. The molecule has 0 amide bonds. The first kappa shape index (κ1) is 9.61. The molecule has 1 fully saturated rings. The number of aromatic nitrogens is 2. The van der Waals surface area contributed by atoms with Crippen LogP contribution in [0.5, 0.6) is 0 Å². The summed E-state index contributed by atoms with van der Waals surface area (Å²) in [6.07, 6.45) is 2.59. The molecule has 0 atom stereocenters. The fourth-order valence-electron chi connectivity index (χ4n) is 1.70. The highest BCUT2D eigenvalue weighted by atomic mass is 16.5. The Bertz CT molecular complexity index is 281. The van der Waals surface area contributed by atoms with Gasteiger partial charge in [0.1, 0.15) is 0 Å². The van der Waals surface area contributed by atoms with E-state index in [0.717, 1.165) is 31.8 Å². The highest BCUT2D eigenvalue weighted by molar-refractivity contribution is 4.96. The Hall–Kier alpha value is -0.940. The Morgan fingerprint density at radius 1 is 1.43 bits per heavy atom. The summed E-state index contributed by atoms with van der Waals surface area (Å²) in [5, 5.41) is 15.8. The van der Waals surface area contributed by atoms with Crippen LogP contribution >= 0.6 is 0 Å². The molecule has 2 rings (SSSR count). The minimum absolute atomic E-state index is 0.0746. The van der Waals surface area contributed by atoms with Gasteiger partial charge in [-0.05, 0) is 25.9 Å². The monoisotopic (exact) mass is 197 g/mol. The molecule has 2 heterocycles.